The molecular weight excluding hydrogens is 344 g/mol. The van der Waals surface area contributed by atoms with E-state index in [1.54, 1.807) is 0 Å². The highest BCUT2D eigenvalue weighted by Crippen LogP contribution is 2.16. The van der Waals surface area contributed by atoms with Crippen LogP contribution in [0.1, 0.15) is 37.0 Å². The first-order valence-electron chi connectivity index (χ1n) is 9.85. The lowest BCUT2D eigenvalue weighted by atomic mass is 10.2. The van der Waals surface area contributed by atoms with Gasteiger partial charge in [0.2, 0.25) is 0 Å². The van der Waals surface area contributed by atoms with Gasteiger partial charge in [-0.25, -0.2) is 0 Å². The lowest BCUT2D eigenvalue weighted by Gasteiger charge is -2.36. The number of benzene rings is 3. The third kappa shape index (κ3) is 4.07. The molecule has 0 N–H and O–H groups in total. The molecule has 0 bridgehead atoms. The molecule has 0 saturated carbocycles. The molecule has 3 rings (SSSR count). The fourth-order valence-electron chi connectivity index (χ4n) is 3.68. The quantitative estimate of drug-likeness (QED) is 0.459. The van der Waals surface area contributed by atoms with E-state index in [9.17, 15) is 0 Å². The van der Waals surface area contributed by atoms with Gasteiger partial charge in [0.05, 0.1) is 0 Å². The van der Waals surface area contributed by atoms with E-state index in [0.29, 0.717) is 0 Å². The minimum Gasteiger partial charge on any atom is -0.402 e. The van der Waals surface area contributed by atoms with Gasteiger partial charge in [-0.05, 0) is 49.7 Å². The lowest BCUT2D eigenvalue weighted by Crippen LogP contribution is -2.70. The summed E-state index contributed by atoms with van der Waals surface area (Å²) in [6, 6.07) is 26.7. The molecule has 0 amide bonds. The molecule has 0 fully saturated rings. The van der Waals surface area contributed by atoms with Crippen molar-refractivity contribution in [3.05, 3.63) is 89.5 Å². The Labute approximate surface area is 165 Å². The van der Waals surface area contributed by atoms with E-state index < -0.39 is 8.32 Å². The number of aryl methyl sites for hydroxylation is 3. The first-order chi connectivity index (χ1) is 13.0. The van der Waals surface area contributed by atoms with Crippen LogP contribution in [0.4, 0.5) is 0 Å². The molecule has 0 aromatic heterocycles. The molecule has 2 heteroatoms. The molecular formula is C25H30OSi. The molecule has 140 valence electrons. The molecule has 0 heterocycles. The zero-order valence-corrected chi connectivity index (χ0v) is 18.1. The van der Waals surface area contributed by atoms with Crippen molar-refractivity contribution in [1.82, 2.24) is 0 Å². The summed E-state index contributed by atoms with van der Waals surface area (Å²) in [5.41, 5.74) is 3.83. The Morgan fingerprint density at radius 2 is 1.07 bits per heavy atom. The van der Waals surface area contributed by atoms with Crippen LogP contribution >= 0.6 is 0 Å². The van der Waals surface area contributed by atoms with Crippen molar-refractivity contribution in [3.8, 4) is 0 Å². The maximum atomic E-state index is 7.05. The van der Waals surface area contributed by atoms with Gasteiger partial charge in [0, 0.05) is 6.10 Å². The summed E-state index contributed by atoms with van der Waals surface area (Å²) in [7, 11) is -2.60. The highest BCUT2D eigenvalue weighted by Gasteiger charge is 2.43. The Morgan fingerprint density at radius 3 is 1.37 bits per heavy atom. The van der Waals surface area contributed by atoms with Crippen molar-refractivity contribution in [1.29, 1.82) is 0 Å². The minimum absolute atomic E-state index is 0.193. The molecule has 1 nitrogen and oxygen atoms in total. The van der Waals surface area contributed by atoms with Gasteiger partial charge in [0.25, 0.3) is 8.32 Å². The Hall–Kier alpha value is -2.16. The average molecular weight is 375 g/mol. The average Bonchev–Trinajstić information content (AvgIpc) is 2.66. The molecule has 3 aromatic carbocycles. The van der Waals surface area contributed by atoms with Crippen LogP contribution in [0.25, 0.3) is 0 Å². The summed E-state index contributed by atoms with van der Waals surface area (Å²) < 4.78 is 7.05. The Morgan fingerprint density at radius 1 is 0.704 bits per heavy atom. The van der Waals surface area contributed by atoms with Gasteiger partial charge in [-0.3, -0.25) is 0 Å². The van der Waals surface area contributed by atoms with Crippen LogP contribution in [0.2, 0.25) is 0 Å². The molecule has 0 aliphatic carbocycles. The van der Waals surface area contributed by atoms with Crippen molar-refractivity contribution in [2.75, 3.05) is 0 Å². The fourth-order valence-corrected chi connectivity index (χ4v) is 8.15. The van der Waals surface area contributed by atoms with Crippen LogP contribution in [0, 0.1) is 20.8 Å². The second-order valence-electron chi connectivity index (χ2n) is 7.63. The predicted molar refractivity (Wildman–Crippen MR) is 119 cm³/mol. The third-order valence-electron chi connectivity index (χ3n) is 5.23. The van der Waals surface area contributed by atoms with E-state index >= 15 is 0 Å². The van der Waals surface area contributed by atoms with E-state index in [4.69, 9.17) is 4.43 Å². The van der Waals surface area contributed by atoms with Crippen molar-refractivity contribution >= 4 is 23.9 Å². The molecule has 0 aliphatic heterocycles. The Balaban J connectivity index is 2.37. The van der Waals surface area contributed by atoms with Crippen LogP contribution in [-0.4, -0.2) is 14.4 Å². The van der Waals surface area contributed by atoms with Gasteiger partial charge < -0.3 is 4.43 Å². The number of rotatable bonds is 6. The maximum absolute atomic E-state index is 7.05. The molecule has 3 aromatic rings. The SMILES string of the molecule is CCC(C)O[Si](c1cccc(C)c1)(c1cccc(C)c1)c1cccc(C)c1. The highest BCUT2D eigenvalue weighted by molar-refractivity contribution is 7.07. The van der Waals surface area contributed by atoms with E-state index in [1.165, 1.54) is 32.3 Å². The number of hydrogen-bond acceptors (Lipinski definition) is 1. The van der Waals surface area contributed by atoms with Crippen LogP contribution in [0.5, 0.6) is 0 Å². The third-order valence-corrected chi connectivity index (χ3v) is 9.35. The molecule has 0 radical (unpaired) electrons. The molecule has 0 spiro atoms. The summed E-state index contributed by atoms with van der Waals surface area (Å²) >= 11 is 0. The van der Waals surface area contributed by atoms with E-state index in [1.807, 2.05) is 0 Å². The van der Waals surface area contributed by atoms with Crippen LogP contribution in [-0.2, 0) is 4.43 Å². The molecule has 0 aliphatic rings. The second kappa shape index (κ2) is 8.24. The fraction of sp³-hybridized carbons (Fsp3) is 0.280. The zero-order chi connectivity index (χ0) is 19.4. The Bertz CT molecular complexity index is 805. The maximum Gasteiger partial charge on any atom is 0.288 e. The molecule has 0 saturated heterocycles. The lowest BCUT2D eigenvalue weighted by molar-refractivity contribution is 0.219. The van der Waals surface area contributed by atoms with Crippen LogP contribution < -0.4 is 15.6 Å². The van der Waals surface area contributed by atoms with Gasteiger partial charge >= 0.3 is 0 Å². The van der Waals surface area contributed by atoms with Crippen molar-refractivity contribution in [3.63, 3.8) is 0 Å². The number of hydrogen-bond donors (Lipinski definition) is 0. The zero-order valence-electron chi connectivity index (χ0n) is 17.1. The van der Waals surface area contributed by atoms with Crippen LogP contribution in [0.3, 0.4) is 0 Å². The molecule has 27 heavy (non-hydrogen) atoms. The van der Waals surface area contributed by atoms with Gasteiger partial charge in [-0.2, -0.15) is 0 Å². The normalized spacial score (nSPS) is 12.8. The predicted octanol–water partition coefficient (Wildman–Crippen LogP) is 4.39. The minimum atomic E-state index is -2.60. The monoisotopic (exact) mass is 374 g/mol. The standard InChI is InChI=1S/C25H30OSi/c1-6-22(5)26-27(23-13-7-10-19(2)16-23,24-14-8-11-20(3)17-24)25-15-9-12-21(4)18-25/h7-18,22H,6H2,1-5H3. The van der Waals surface area contributed by atoms with E-state index in [2.05, 4.69) is 107 Å². The first kappa shape index (κ1) is 19.6. The van der Waals surface area contributed by atoms with Crippen molar-refractivity contribution in [2.24, 2.45) is 0 Å². The molecule has 1 unspecified atom stereocenters. The van der Waals surface area contributed by atoms with Crippen molar-refractivity contribution in [2.45, 2.75) is 47.1 Å². The first-order valence-corrected chi connectivity index (χ1v) is 11.8. The summed E-state index contributed by atoms with van der Waals surface area (Å²) in [5.74, 6) is 0. The van der Waals surface area contributed by atoms with Gasteiger partial charge in [0.15, 0.2) is 0 Å². The largest absolute Gasteiger partial charge is 0.402 e. The summed E-state index contributed by atoms with van der Waals surface area (Å²) in [5, 5.41) is 3.96. The Kier molecular flexibility index (Phi) is 5.98. The summed E-state index contributed by atoms with van der Waals surface area (Å²) in [6.07, 6.45) is 1.19. The summed E-state index contributed by atoms with van der Waals surface area (Å²) in [4.78, 5) is 0. The highest BCUT2D eigenvalue weighted by atomic mass is 28.4. The van der Waals surface area contributed by atoms with Crippen molar-refractivity contribution < 1.29 is 4.43 Å². The second-order valence-corrected chi connectivity index (χ2v) is 11.0. The summed E-state index contributed by atoms with van der Waals surface area (Å²) in [6.45, 7) is 10.9. The smallest absolute Gasteiger partial charge is 0.288 e. The van der Waals surface area contributed by atoms with Gasteiger partial charge in [-0.15, -0.1) is 0 Å². The van der Waals surface area contributed by atoms with Crippen LogP contribution in [0.15, 0.2) is 72.8 Å². The van der Waals surface area contributed by atoms with Gasteiger partial charge in [0.1, 0.15) is 0 Å². The van der Waals surface area contributed by atoms with E-state index in [0.717, 1.165) is 6.42 Å². The molecule has 1 atom stereocenters. The van der Waals surface area contributed by atoms with Gasteiger partial charge in [-0.1, -0.05) is 96.4 Å². The topological polar surface area (TPSA) is 9.23 Å². The van der Waals surface area contributed by atoms with E-state index in [-0.39, 0.29) is 6.10 Å².